The molecule has 0 radical (unpaired) electrons. The van der Waals surface area contributed by atoms with Crippen LogP contribution in [0.4, 0.5) is 0 Å². The molecule has 0 spiro atoms. The van der Waals surface area contributed by atoms with E-state index in [9.17, 15) is 9.90 Å². The Morgan fingerprint density at radius 3 is 2.68 bits per heavy atom. The lowest BCUT2D eigenvalue weighted by Gasteiger charge is -2.27. The molecule has 1 fully saturated rings. The van der Waals surface area contributed by atoms with Gasteiger partial charge in [0.15, 0.2) is 0 Å². The van der Waals surface area contributed by atoms with E-state index in [1.807, 2.05) is 0 Å². The molecule has 1 aliphatic heterocycles. The zero-order chi connectivity index (χ0) is 13.9. The molecule has 0 aromatic carbocycles. The minimum atomic E-state index is -0.695. The van der Waals surface area contributed by atoms with Gasteiger partial charge in [0.05, 0.1) is 0 Å². The van der Waals surface area contributed by atoms with Crippen LogP contribution in [0.25, 0.3) is 0 Å². The number of hydrogen-bond donors (Lipinski definition) is 3. The first-order valence-electron chi connectivity index (χ1n) is 7.93. The Hall–Kier alpha value is -0.610. The van der Waals surface area contributed by atoms with Gasteiger partial charge in [-0.25, -0.2) is 0 Å². The minimum Gasteiger partial charge on any atom is -0.480 e. The predicted molar refractivity (Wildman–Crippen MR) is 78.4 cm³/mol. The first kappa shape index (κ1) is 16.4. The van der Waals surface area contributed by atoms with Crippen molar-refractivity contribution in [3.05, 3.63) is 0 Å². The van der Waals surface area contributed by atoms with E-state index in [1.165, 1.54) is 25.7 Å². The number of carboxylic acids is 1. The fourth-order valence-corrected chi connectivity index (χ4v) is 2.69. The Morgan fingerprint density at radius 2 is 2.05 bits per heavy atom. The lowest BCUT2D eigenvalue weighted by Crippen LogP contribution is -2.50. The standard InChI is InChI=1S/C15H30N2O2/c1-2-3-4-5-6-7-10-14(15(18)19)17-13-9-8-11-16-12-13/h13-14,16-17H,2-12H2,1H3,(H,18,19)/t13?,14-/m0/s1. The molecule has 0 amide bonds. The van der Waals surface area contributed by atoms with Crippen molar-refractivity contribution < 1.29 is 9.90 Å². The summed E-state index contributed by atoms with van der Waals surface area (Å²) >= 11 is 0. The quantitative estimate of drug-likeness (QED) is 0.534. The van der Waals surface area contributed by atoms with Gasteiger partial charge in [0.1, 0.15) is 6.04 Å². The minimum absolute atomic E-state index is 0.329. The molecule has 0 aromatic rings. The lowest BCUT2D eigenvalue weighted by molar-refractivity contribution is -0.140. The highest BCUT2D eigenvalue weighted by atomic mass is 16.4. The summed E-state index contributed by atoms with van der Waals surface area (Å²) < 4.78 is 0. The van der Waals surface area contributed by atoms with E-state index >= 15 is 0 Å². The van der Waals surface area contributed by atoms with Crippen molar-refractivity contribution in [2.24, 2.45) is 0 Å². The van der Waals surface area contributed by atoms with Gasteiger partial charge in [-0.15, -0.1) is 0 Å². The van der Waals surface area contributed by atoms with E-state index in [-0.39, 0.29) is 6.04 Å². The molecule has 3 N–H and O–H groups in total. The maximum absolute atomic E-state index is 11.3. The summed E-state index contributed by atoms with van der Waals surface area (Å²) in [7, 11) is 0. The van der Waals surface area contributed by atoms with Gasteiger partial charge in [0, 0.05) is 12.6 Å². The molecule has 19 heavy (non-hydrogen) atoms. The molecule has 0 aromatic heterocycles. The molecule has 2 atom stereocenters. The van der Waals surface area contributed by atoms with Crippen molar-refractivity contribution in [1.29, 1.82) is 0 Å². The number of piperidine rings is 1. The molecule has 1 saturated heterocycles. The maximum Gasteiger partial charge on any atom is 0.320 e. The van der Waals surface area contributed by atoms with E-state index in [2.05, 4.69) is 17.6 Å². The average Bonchev–Trinajstić information content (AvgIpc) is 2.42. The van der Waals surface area contributed by atoms with Gasteiger partial charge in [-0.3, -0.25) is 4.79 Å². The van der Waals surface area contributed by atoms with Gasteiger partial charge in [-0.05, 0) is 25.8 Å². The number of nitrogens with one attached hydrogen (secondary N) is 2. The van der Waals surface area contributed by atoms with Crippen LogP contribution in [-0.4, -0.2) is 36.2 Å². The number of unbranched alkanes of at least 4 members (excludes halogenated alkanes) is 5. The monoisotopic (exact) mass is 270 g/mol. The van der Waals surface area contributed by atoms with Crippen LogP contribution in [0.1, 0.15) is 64.7 Å². The van der Waals surface area contributed by atoms with Gasteiger partial charge in [-0.2, -0.15) is 0 Å². The second-order valence-electron chi connectivity index (χ2n) is 5.66. The molecular formula is C15H30N2O2. The number of hydrogen-bond acceptors (Lipinski definition) is 3. The average molecular weight is 270 g/mol. The highest BCUT2D eigenvalue weighted by Gasteiger charge is 2.22. The normalized spacial score (nSPS) is 21.2. The zero-order valence-corrected chi connectivity index (χ0v) is 12.3. The Balaban J connectivity index is 2.15. The van der Waals surface area contributed by atoms with Crippen LogP contribution in [-0.2, 0) is 4.79 Å². The molecule has 0 bridgehead atoms. The van der Waals surface area contributed by atoms with Crippen molar-refractivity contribution in [3.63, 3.8) is 0 Å². The lowest BCUT2D eigenvalue weighted by atomic mass is 10.0. The van der Waals surface area contributed by atoms with Crippen LogP contribution in [0, 0.1) is 0 Å². The van der Waals surface area contributed by atoms with Gasteiger partial charge >= 0.3 is 5.97 Å². The van der Waals surface area contributed by atoms with Crippen LogP contribution >= 0.6 is 0 Å². The van der Waals surface area contributed by atoms with Gasteiger partial charge in [-0.1, -0.05) is 45.4 Å². The highest BCUT2D eigenvalue weighted by molar-refractivity contribution is 5.73. The molecule has 0 saturated carbocycles. The van der Waals surface area contributed by atoms with Crippen molar-refractivity contribution in [2.75, 3.05) is 13.1 Å². The molecule has 1 rings (SSSR count). The smallest absolute Gasteiger partial charge is 0.320 e. The first-order chi connectivity index (χ1) is 9.24. The maximum atomic E-state index is 11.3. The molecule has 1 heterocycles. The molecule has 4 heteroatoms. The molecule has 1 unspecified atom stereocenters. The van der Waals surface area contributed by atoms with E-state index in [0.717, 1.165) is 45.2 Å². The number of carboxylic acid groups (broad SMARTS) is 1. The van der Waals surface area contributed by atoms with Crippen molar-refractivity contribution in [1.82, 2.24) is 10.6 Å². The second kappa shape index (κ2) is 10.2. The molecule has 112 valence electrons. The summed E-state index contributed by atoms with van der Waals surface area (Å²) in [5.41, 5.74) is 0. The van der Waals surface area contributed by atoms with Crippen molar-refractivity contribution in [3.8, 4) is 0 Å². The number of rotatable bonds is 10. The van der Waals surface area contributed by atoms with Gasteiger partial charge in [0.2, 0.25) is 0 Å². The van der Waals surface area contributed by atoms with Crippen LogP contribution in [0.5, 0.6) is 0 Å². The third-order valence-electron chi connectivity index (χ3n) is 3.88. The fraction of sp³-hybridized carbons (Fsp3) is 0.933. The van der Waals surface area contributed by atoms with Crippen LogP contribution in [0.15, 0.2) is 0 Å². The fourth-order valence-electron chi connectivity index (χ4n) is 2.69. The van der Waals surface area contributed by atoms with Crippen LogP contribution < -0.4 is 10.6 Å². The largest absolute Gasteiger partial charge is 0.480 e. The number of aliphatic carboxylic acids is 1. The van der Waals surface area contributed by atoms with Gasteiger partial charge < -0.3 is 15.7 Å². The van der Waals surface area contributed by atoms with Crippen molar-refractivity contribution >= 4 is 5.97 Å². The summed E-state index contributed by atoms with van der Waals surface area (Å²) in [5.74, 6) is -0.695. The molecular weight excluding hydrogens is 240 g/mol. The number of carbonyl (C=O) groups is 1. The Kier molecular flexibility index (Phi) is 8.84. The van der Waals surface area contributed by atoms with E-state index in [1.54, 1.807) is 0 Å². The van der Waals surface area contributed by atoms with E-state index in [0.29, 0.717) is 6.04 Å². The Bertz CT molecular complexity index is 240. The zero-order valence-electron chi connectivity index (χ0n) is 12.3. The van der Waals surface area contributed by atoms with E-state index in [4.69, 9.17) is 0 Å². The third-order valence-corrected chi connectivity index (χ3v) is 3.88. The first-order valence-corrected chi connectivity index (χ1v) is 7.93. The topological polar surface area (TPSA) is 61.4 Å². The predicted octanol–water partition coefficient (Wildman–Crippen LogP) is 2.53. The van der Waals surface area contributed by atoms with Gasteiger partial charge in [0.25, 0.3) is 0 Å². The summed E-state index contributed by atoms with van der Waals surface area (Å²) in [6.45, 7) is 4.18. The van der Waals surface area contributed by atoms with Crippen LogP contribution in [0.2, 0.25) is 0 Å². The molecule has 0 aliphatic carbocycles. The van der Waals surface area contributed by atoms with Crippen LogP contribution in [0.3, 0.4) is 0 Å². The third kappa shape index (κ3) is 7.53. The SMILES string of the molecule is CCCCCCCC[C@H](NC1CCCNC1)C(=O)O. The summed E-state index contributed by atoms with van der Waals surface area (Å²) in [6, 6.07) is -0.0361. The Morgan fingerprint density at radius 1 is 1.32 bits per heavy atom. The molecule has 4 nitrogen and oxygen atoms in total. The summed E-state index contributed by atoms with van der Waals surface area (Å²) in [5, 5.41) is 15.9. The summed E-state index contributed by atoms with van der Waals surface area (Å²) in [4.78, 5) is 11.3. The van der Waals surface area contributed by atoms with Crippen molar-refractivity contribution in [2.45, 2.75) is 76.8 Å². The molecule has 1 aliphatic rings. The highest BCUT2D eigenvalue weighted by Crippen LogP contribution is 2.10. The second-order valence-corrected chi connectivity index (χ2v) is 5.66. The van der Waals surface area contributed by atoms with E-state index < -0.39 is 5.97 Å². The summed E-state index contributed by atoms with van der Waals surface area (Å²) in [6.07, 6.45) is 10.3. The Labute approximate surface area is 117 Å².